The number of hydrogen-bond donors (Lipinski definition) is 2. The van der Waals surface area contributed by atoms with Gasteiger partial charge in [-0.3, -0.25) is 0 Å². The highest BCUT2D eigenvalue weighted by Crippen LogP contribution is 2.00. The Morgan fingerprint density at radius 3 is 2.67 bits per heavy atom. The van der Waals surface area contributed by atoms with Crippen molar-refractivity contribution in [2.45, 2.75) is 6.10 Å². The van der Waals surface area contributed by atoms with Gasteiger partial charge in [0.2, 0.25) is 0 Å². The molecule has 9 heavy (non-hydrogen) atoms. The van der Waals surface area contributed by atoms with Crippen molar-refractivity contribution in [3.05, 3.63) is 0 Å². The molecule has 0 aromatic rings. The quantitative estimate of drug-likeness (QED) is 0.500. The average Bonchev–Trinajstić information content (AvgIpc) is 1.89. The van der Waals surface area contributed by atoms with Gasteiger partial charge < -0.3 is 10.2 Å². The van der Waals surface area contributed by atoms with Gasteiger partial charge in [-0.15, -0.1) is 5.73 Å². The maximum atomic E-state index is 8.73. The third kappa shape index (κ3) is 6.11. The van der Waals surface area contributed by atoms with Gasteiger partial charge in [-0.1, -0.05) is 0 Å². The molecule has 0 aliphatic rings. The summed E-state index contributed by atoms with van der Waals surface area (Å²) >= 11 is 1.43. The molecular weight excluding hydrogens is 138 g/mol. The minimum Gasteiger partial charge on any atom is -0.394 e. The molecule has 0 aliphatic carbocycles. The van der Waals surface area contributed by atoms with Gasteiger partial charge in [-0.25, -0.2) is 0 Å². The molecular formula is C5H11NO2S. The molecule has 0 rings (SSSR count). The molecule has 54 valence electrons. The van der Waals surface area contributed by atoms with Crippen molar-refractivity contribution in [1.29, 1.82) is 0 Å². The van der Waals surface area contributed by atoms with Crippen LogP contribution in [-0.2, 0) is 0 Å². The molecule has 0 aliphatic heterocycles. The molecule has 0 amide bonds. The van der Waals surface area contributed by atoms with E-state index < -0.39 is 6.10 Å². The summed E-state index contributed by atoms with van der Waals surface area (Å²) in [6, 6.07) is 0. The molecule has 4 heteroatoms. The summed E-state index contributed by atoms with van der Waals surface area (Å²) in [6.07, 6.45) is -0.637. The number of rotatable bonds is 5. The predicted molar refractivity (Wildman–Crippen MR) is 37.4 cm³/mol. The third-order valence-electron chi connectivity index (χ3n) is 0.757. The summed E-state index contributed by atoms with van der Waals surface area (Å²) in [7, 11) is 0. The highest BCUT2D eigenvalue weighted by molar-refractivity contribution is 7.99. The van der Waals surface area contributed by atoms with Crippen molar-refractivity contribution in [3.8, 4) is 0 Å². The van der Waals surface area contributed by atoms with Gasteiger partial charge >= 0.3 is 0 Å². The third-order valence-corrected chi connectivity index (χ3v) is 1.85. The summed E-state index contributed by atoms with van der Waals surface area (Å²) in [5.41, 5.74) is 8.29. The van der Waals surface area contributed by atoms with Gasteiger partial charge in [0.05, 0.1) is 12.7 Å². The van der Waals surface area contributed by atoms with Crippen molar-refractivity contribution in [3.63, 3.8) is 0 Å². The van der Waals surface area contributed by atoms with E-state index in [0.717, 1.165) is 0 Å². The van der Waals surface area contributed by atoms with Crippen molar-refractivity contribution < 1.29 is 10.2 Å². The van der Waals surface area contributed by atoms with Gasteiger partial charge in [-0.2, -0.15) is 11.8 Å². The van der Waals surface area contributed by atoms with E-state index in [1.165, 1.54) is 11.8 Å². The Morgan fingerprint density at radius 1 is 1.56 bits per heavy atom. The first-order chi connectivity index (χ1) is 4.31. The van der Waals surface area contributed by atoms with Crippen LogP contribution in [0.25, 0.3) is 0 Å². The smallest absolute Gasteiger partial charge is 0.0861 e. The molecule has 3 nitrogen and oxygen atoms in total. The fraction of sp³-hybridized carbons (Fsp3) is 1.00. The minimum absolute atomic E-state index is 0.128. The topological polar surface area (TPSA) is 62.8 Å². The van der Waals surface area contributed by atoms with E-state index in [2.05, 4.69) is 0 Å². The Bertz CT molecular complexity index is 62.9. The van der Waals surface area contributed by atoms with Crippen LogP contribution in [0.15, 0.2) is 0 Å². The van der Waals surface area contributed by atoms with E-state index in [-0.39, 0.29) is 13.2 Å². The average molecular weight is 149 g/mol. The molecule has 0 aromatic carbocycles. The summed E-state index contributed by atoms with van der Waals surface area (Å²) in [6.45, 7) is -0.0682. The van der Waals surface area contributed by atoms with Gasteiger partial charge in [0.25, 0.3) is 0 Å². The fourth-order valence-corrected chi connectivity index (χ4v) is 1.01. The second-order valence-electron chi connectivity index (χ2n) is 1.63. The van der Waals surface area contributed by atoms with Gasteiger partial charge in [-0.05, 0) is 0 Å². The molecule has 1 unspecified atom stereocenters. The fourth-order valence-electron chi connectivity index (χ4n) is 0.337. The van der Waals surface area contributed by atoms with Crippen LogP contribution in [0.3, 0.4) is 0 Å². The number of thioether (sulfide) groups is 1. The zero-order valence-corrected chi connectivity index (χ0v) is 5.97. The van der Waals surface area contributed by atoms with Gasteiger partial charge in [0.15, 0.2) is 0 Å². The largest absolute Gasteiger partial charge is 0.394 e. The lowest BCUT2D eigenvalue weighted by Crippen LogP contribution is -2.15. The van der Waals surface area contributed by atoms with Gasteiger partial charge in [0.1, 0.15) is 0 Å². The van der Waals surface area contributed by atoms with Crippen molar-refractivity contribution in [2.75, 3.05) is 24.7 Å². The Labute approximate surface area is 59.3 Å². The summed E-state index contributed by atoms with van der Waals surface area (Å²) in [5, 5.41) is 17.0. The maximum absolute atomic E-state index is 8.73. The van der Waals surface area contributed by atoms with E-state index >= 15 is 0 Å². The molecule has 0 saturated heterocycles. The van der Waals surface area contributed by atoms with Crippen molar-refractivity contribution in [1.82, 2.24) is 5.73 Å². The molecule has 0 aromatic heterocycles. The lowest BCUT2D eigenvalue weighted by atomic mass is 10.4. The Kier molecular flexibility index (Phi) is 6.51. The summed E-state index contributed by atoms with van der Waals surface area (Å²) in [4.78, 5) is 0. The first-order valence-corrected chi connectivity index (χ1v) is 3.94. The van der Waals surface area contributed by atoms with Crippen LogP contribution < -0.4 is 5.73 Å². The van der Waals surface area contributed by atoms with E-state index in [0.29, 0.717) is 11.5 Å². The maximum Gasteiger partial charge on any atom is 0.0861 e. The SMILES string of the molecule is [N]CCSCC(O)CO. The molecule has 0 bridgehead atoms. The Hall–Kier alpha value is 0.230. The van der Waals surface area contributed by atoms with Crippen LogP contribution in [0.1, 0.15) is 0 Å². The molecule has 1 atom stereocenters. The molecule has 0 heterocycles. The van der Waals surface area contributed by atoms with E-state index in [9.17, 15) is 0 Å². The first kappa shape index (κ1) is 9.23. The van der Waals surface area contributed by atoms with Crippen LogP contribution in [0.2, 0.25) is 0 Å². The number of aliphatic hydroxyl groups is 2. The van der Waals surface area contributed by atoms with Crippen LogP contribution >= 0.6 is 11.8 Å². The zero-order valence-electron chi connectivity index (χ0n) is 5.16. The van der Waals surface area contributed by atoms with Crippen LogP contribution in [-0.4, -0.2) is 41.0 Å². The summed E-state index contributed by atoms with van der Waals surface area (Å²) < 4.78 is 0. The normalized spacial score (nSPS) is 13.7. The molecule has 2 radical (unpaired) electrons. The van der Waals surface area contributed by atoms with Crippen LogP contribution in [0.5, 0.6) is 0 Å². The zero-order chi connectivity index (χ0) is 7.11. The van der Waals surface area contributed by atoms with Gasteiger partial charge in [0, 0.05) is 18.1 Å². The molecule has 0 spiro atoms. The number of aliphatic hydroxyl groups excluding tert-OH is 2. The lowest BCUT2D eigenvalue weighted by Gasteiger charge is -2.03. The highest BCUT2D eigenvalue weighted by atomic mass is 32.2. The highest BCUT2D eigenvalue weighted by Gasteiger charge is 1.99. The minimum atomic E-state index is -0.637. The summed E-state index contributed by atoms with van der Waals surface area (Å²) in [5.74, 6) is 1.12. The van der Waals surface area contributed by atoms with Crippen molar-refractivity contribution in [2.24, 2.45) is 0 Å². The molecule has 0 fully saturated rings. The standard InChI is InChI=1S/C5H11NO2S/c6-1-2-9-4-5(8)3-7/h5,7-8H,1-4H2. The van der Waals surface area contributed by atoms with E-state index in [4.69, 9.17) is 15.9 Å². The Morgan fingerprint density at radius 2 is 2.22 bits per heavy atom. The molecule has 0 saturated carbocycles. The second kappa shape index (κ2) is 6.35. The predicted octanol–water partition coefficient (Wildman–Crippen LogP) is -0.859. The van der Waals surface area contributed by atoms with E-state index in [1.54, 1.807) is 0 Å². The number of nitrogens with zero attached hydrogens (tertiary/aromatic N) is 1. The van der Waals surface area contributed by atoms with Crippen LogP contribution in [0, 0.1) is 0 Å². The van der Waals surface area contributed by atoms with Crippen LogP contribution in [0.4, 0.5) is 0 Å². The monoisotopic (exact) mass is 149 g/mol. The van der Waals surface area contributed by atoms with E-state index in [1.807, 2.05) is 0 Å². The number of hydrogen-bond acceptors (Lipinski definition) is 3. The second-order valence-corrected chi connectivity index (χ2v) is 2.78. The molecule has 2 N–H and O–H groups in total. The Balaban J connectivity index is 2.88. The van der Waals surface area contributed by atoms with Crippen molar-refractivity contribution >= 4 is 11.8 Å². The first-order valence-electron chi connectivity index (χ1n) is 2.78. The lowest BCUT2D eigenvalue weighted by molar-refractivity contribution is 0.113.